The van der Waals surface area contributed by atoms with Crippen LogP contribution in [0.5, 0.6) is 5.75 Å². The summed E-state index contributed by atoms with van der Waals surface area (Å²) in [5.74, 6) is 1.00. The maximum absolute atomic E-state index is 6.50. The van der Waals surface area contributed by atoms with Gasteiger partial charge in [0.1, 0.15) is 5.75 Å². The van der Waals surface area contributed by atoms with Gasteiger partial charge in [0.25, 0.3) is 0 Å². The van der Waals surface area contributed by atoms with Crippen LogP contribution in [0.25, 0.3) is 0 Å². The van der Waals surface area contributed by atoms with E-state index in [0.29, 0.717) is 0 Å². The second kappa shape index (κ2) is 5.20. The predicted octanol–water partition coefficient (Wildman–Crippen LogP) is 2.45. The summed E-state index contributed by atoms with van der Waals surface area (Å²) in [6.07, 6.45) is 0. The van der Waals surface area contributed by atoms with Crippen molar-refractivity contribution in [1.29, 1.82) is 5.26 Å². The Morgan fingerprint density at radius 2 is 1.58 bits per heavy atom. The van der Waals surface area contributed by atoms with Crippen molar-refractivity contribution in [3.63, 3.8) is 0 Å². The number of nitriles is 1. The molecule has 2 nitrogen and oxygen atoms in total. The van der Waals surface area contributed by atoms with Gasteiger partial charge in [0, 0.05) is 6.57 Å². The van der Waals surface area contributed by atoms with E-state index in [1.165, 1.54) is 11.1 Å². The second-order valence-corrected chi connectivity index (χ2v) is 2.43. The molecule has 2 heteroatoms. The molecule has 64 valence electrons. The van der Waals surface area contributed by atoms with Gasteiger partial charge in [-0.2, -0.15) is 0 Å². The lowest BCUT2D eigenvalue weighted by Gasteiger charge is -2.06. The van der Waals surface area contributed by atoms with Gasteiger partial charge in [0.05, 0.1) is 7.11 Å². The normalized spacial score (nSPS) is 8.08. The van der Waals surface area contributed by atoms with Crippen LogP contribution < -0.4 is 4.74 Å². The summed E-state index contributed by atoms with van der Waals surface area (Å²) in [6.45, 7) is 7.59. The van der Waals surface area contributed by atoms with Gasteiger partial charge in [-0.3, -0.25) is 0 Å². The summed E-state index contributed by atoms with van der Waals surface area (Å²) in [5.41, 5.74) is 2.39. The summed E-state index contributed by atoms with van der Waals surface area (Å²) in [7, 11) is 1.70. The molecule has 0 amide bonds. The lowest BCUT2D eigenvalue weighted by Crippen LogP contribution is -1.89. The minimum atomic E-state index is 1.00. The molecule has 1 aromatic rings. The van der Waals surface area contributed by atoms with E-state index < -0.39 is 0 Å². The molecule has 0 atom stereocenters. The van der Waals surface area contributed by atoms with E-state index in [0.717, 1.165) is 5.75 Å². The molecule has 1 rings (SSSR count). The zero-order chi connectivity index (χ0) is 9.56. The van der Waals surface area contributed by atoms with Crippen molar-refractivity contribution < 1.29 is 4.74 Å². The number of nitrogens with zero attached hydrogens (tertiary/aromatic N) is 1. The topological polar surface area (TPSA) is 33.0 Å². The third-order valence-corrected chi connectivity index (χ3v) is 1.61. The molecular weight excluding hydrogens is 150 g/mol. The lowest BCUT2D eigenvalue weighted by atomic mass is 10.1. The Balaban J connectivity index is 0.000000561. The first-order valence-electron chi connectivity index (χ1n) is 3.61. The Labute approximate surface area is 73.4 Å². The fourth-order valence-corrected chi connectivity index (χ4v) is 1.12. The molecule has 0 saturated heterocycles. The Morgan fingerprint density at radius 3 is 1.83 bits per heavy atom. The number of ether oxygens (including phenoxy) is 1. The third-order valence-electron chi connectivity index (χ3n) is 1.61. The summed E-state index contributed by atoms with van der Waals surface area (Å²) >= 11 is 0. The molecule has 0 unspecified atom stereocenters. The van der Waals surface area contributed by atoms with Gasteiger partial charge in [-0.05, 0) is 25.0 Å². The number of aryl methyl sites for hydroxylation is 2. The molecule has 0 fully saturated rings. The van der Waals surface area contributed by atoms with Crippen LogP contribution in [0.15, 0.2) is 18.2 Å². The fraction of sp³-hybridized carbons (Fsp3) is 0.300. The number of hydrogen-bond donors (Lipinski definition) is 0. The average molecular weight is 163 g/mol. The minimum absolute atomic E-state index is 1.00. The maximum atomic E-state index is 6.50. The van der Waals surface area contributed by atoms with Crippen LogP contribution in [0.4, 0.5) is 0 Å². The van der Waals surface area contributed by atoms with Gasteiger partial charge in [-0.15, -0.1) is 0 Å². The highest BCUT2D eigenvalue weighted by Crippen LogP contribution is 2.20. The van der Waals surface area contributed by atoms with Crippen molar-refractivity contribution in [2.24, 2.45) is 0 Å². The standard InChI is InChI=1S/C9H12O.CHN/c1-7-5-4-6-8(2)9(7)10-3;1-2/h4-6H,1-3H3;1H. The molecule has 0 aliphatic carbocycles. The van der Waals surface area contributed by atoms with E-state index in [4.69, 9.17) is 10.00 Å². The molecule has 0 aliphatic heterocycles. The highest BCUT2D eigenvalue weighted by Gasteiger charge is 1.98. The highest BCUT2D eigenvalue weighted by atomic mass is 16.5. The number of benzene rings is 1. The van der Waals surface area contributed by atoms with Crippen LogP contribution >= 0.6 is 0 Å². The molecule has 0 bridgehead atoms. The summed E-state index contributed by atoms with van der Waals surface area (Å²) in [6, 6.07) is 6.13. The van der Waals surface area contributed by atoms with Gasteiger partial charge in [0.15, 0.2) is 0 Å². The average Bonchev–Trinajstić information content (AvgIpc) is 2.08. The van der Waals surface area contributed by atoms with E-state index in [1.807, 2.05) is 32.0 Å². The van der Waals surface area contributed by atoms with E-state index in [-0.39, 0.29) is 0 Å². The molecule has 12 heavy (non-hydrogen) atoms. The smallest absolute Gasteiger partial charge is 0.124 e. The van der Waals surface area contributed by atoms with Gasteiger partial charge in [-0.25, -0.2) is 5.26 Å². The first-order valence-corrected chi connectivity index (χ1v) is 3.61. The van der Waals surface area contributed by atoms with E-state index in [9.17, 15) is 0 Å². The monoisotopic (exact) mass is 163 g/mol. The maximum Gasteiger partial charge on any atom is 0.124 e. The van der Waals surface area contributed by atoms with Crippen LogP contribution in [-0.2, 0) is 0 Å². The van der Waals surface area contributed by atoms with Crippen molar-refractivity contribution in [2.75, 3.05) is 7.11 Å². The number of methoxy groups -OCH3 is 1. The Hall–Kier alpha value is -1.49. The van der Waals surface area contributed by atoms with Crippen LogP contribution in [0.1, 0.15) is 11.1 Å². The second-order valence-electron chi connectivity index (χ2n) is 2.43. The van der Waals surface area contributed by atoms with Crippen LogP contribution in [0.2, 0.25) is 0 Å². The lowest BCUT2D eigenvalue weighted by molar-refractivity contribution is 0.408. The van der Waals surface area contributed by atoms with Crippen molar-refractivity contribution >= 4 is 0 Å². The van der Waals surface area contributed by atoms with Gasteiger partial charge in [0.2, 0.25) is 0 Å². The fourth-order valence-electron chi connectivity index (χ4n) is 1.12. The molecule has 0 radical (unpaired) electrons. The molecule has 0 saturated carbocycles. The van der Waals surface area contributed by atoms with Crippen molar-refractivity contribution in [2.45, 2.75) is 13.8 Å². The molecular formula is C10H13NO. The molecule has 0 spiro atoms. The largest absolute Gasteiger partial charge is 0.496 e. The van der Waals surface area contributed by atoms with Crippen LogP contribution in [-0.4, -0.2) is 7.11 Å². The van der Waals surface area contributed by atoms with Crippen molar-refractivity contribution in [3.8, 4) is 12.3 Å². The summed E-state index contributed by atoms with van der Waals surface area (Å²) < 4.78 is 5.18. The van der Waals surface area contributed by atoms with E-state index in [2.05, 4.69) is 6.57 Å². The summed E-state index contributed by atoms with van der Waals surface area (Å²) in [5, 5.41) is 6.50. The third kappa shape index (κ3) is 2.28. The van der Waals surface area contributed by atoms with Crippen molar-refractivity contribution in [3.05, 3.63) is 29.3 Å². The number of rotatable bonds is 1. The van der Waals surface area contributed by atoms with Gasteiger partial charge >= 0.3 is 0 Å². The van der Waals surface area contributed by atoms with Gasteiger partial charge < -0.3 is 4.74 Å². The molecule has 0 aromatic heterocycles. The van der Waals surface area contributed by atoms with Crippen LogP contribution in [0, 0.1) is 25.7 Å². The highest BCUT2D eigenvalue weighted by molar-refractivity contribution is 5.39. The van der Waals surface area contributed by atoms with E-state index >= 15 is 0 Å². The Kier molecular flexibility index (Phi) is 4.55. The Bertz CT molecular complexity index is 246. The SMILES string of the molecule is C#N.COc1c(C)cccc1C. The van der Waals surface area contributed by atoms with Crippen LogP contribution in [0.3, 0.4) is 0 Å². The van der Waals surface area contributed by atoms with Gasteiger partial charge in [-0.1, -0.05) is 18.2 Å². The number of hydrogen-bond acceptors (Lipinski definition) is 2. The minimum Gasteiger partial charge on any atom is -0.496 e. The zero-order valence-electron chi connectivity index (χ0n) is 7.66. The molecule has 0 aliphatic rings. The molecule has 0 N–H and O–H groups in total. The Morgan fingerprint density at radius 1 is 1.17 bits per heavy atom. The first kappa shape index (κ1) is 10.5. The summed E-state index contributed by atoms with van der Waals surface area (Å²) in [4.78, 5) is 0. The number of para-hydroxylation sites is 1. The first-order chi connectivity index (χ1) is 5.75. The molecule has 1 aromatic carbocycles. The van der Waals surface area contributed by atoms with E-state index in [1.54, 1.807) is 7.11 Å². The van der Waals surface area contributed by atoms with Crippen molar-refractivity contribution in [1.82, 2.24) is 0 Å². The zero-order valence-corrected chi connectivity index (χ0v) is 7.66. The molecule has 0 heterocycles. The predicted molar refractivity (Wildman–Crippen MR) is 49.1 cm³/mol. The quantitative estimate of drug-likeness (QED) is 0.637.